The molecule has 5 heteroatoms. The molecule has 2 aromatic rings. The quantitative estimate of drug-likeness (QED) is 0.677. The van der Waals surface area contributed by atoms with Crippen LogP contribution in [0.5, 0.6) is 0 Å². The Labute approximate surface area is 142 Å². The largest absolute Gasteiger partial charge is 0.466 e. The molecule has 24 heavy (non-hydrogen) atoms. The van der Waals surface area contributed by atoms with Gasteiger partial charge in [-0.3, -0.25) is 14.5 Å². The summed E-state index contributed by atoms with van der Waals surface area (Å²) in [5, 5.41) is 0.952. The van der Waals surface area contributed by atoms with Gasteiger partial charge in [0.2, 0.25) is 0 Å². The van der Waals surface area contributed by atoms with E-state index in [1.54, 1.807) is 6.20 Å². The number of carbonyl (C=O) groups is 2. The van der Waals surface area contributed by atoms with Crippen LogP contribution in [0.1, 0.15) is 37.0 Å². The number of ether oxygens (including phenoxy) is 1. The number of hydrogen-bond donors (Lipinski definition) is 1. The molecule has 1 saturated heterocycles. The number of para-hydroxylation sites is 1. The molecule has 0 unspecified atom stereocenters. The lowest BCUT2D eigenvalue weighted by Crippen LogP contribution is -2.47. The van der Waals surface area contributed by atoms with Crippen LogP contribution in [0.3, 0.4) is 0 Å². The van der Waals surface area contributed by atoms with E-state index >= 15 is 0 Å². The van der Waals surface area contributed by atoms with Crippen LogP contribution in [0.15, 0.2) is 30.5 Å². The number of piperidine rings is 1. The smallest absolute Gasteiger partial charge is 0.310 e. The lowest BCUT2D eigenvalue weighted by molar-refractivity contribution is -0.150. The molecule has 1 aromatic carbocycles. The van der Waals surface area contributed by atoms with Crippen molar-refractivity contribution in [2.75, 3.05) is 19.7 Å². The Morgan fingerprint density at radius 2 is 2.17 bits per heavy atom. The van der Waals surface area contributed by atoms with Crippen LogP contribution in [-0.2, 0) is 9.53 Å². The van der Waals surface area contributed by atoms with Gasteiger partial charge in [0, 0.05) is 29.2 Å². The number of esters is 1. The van der Waals surface area contributed by atoms with E-state index in [0.29, 0.717) is 13.2 Å². The number of aromatic amines is 1. The van der Waals surface area contributed by atoms with Gasteiger partial charge in [-0.25, -0.2) is 0 Å². The van der Waals surface area contributed by atoms with E-state index in [2.05, 4.69) is 9.88 Å². The van der Waals surface area contributed by atoms with Crippen molar-refractivity contribution in [3.63, 3.8) is 0 Å². The molecule has 2 atom stereocenters. The highest BCUT2D eigenvalue weighted by atomic mass is 16.5. The fourth-order valence-electron chi connectivity index (χ4n) is 3.48. The molecule has 1 aromatic heterocycles. The minimum Gasteiger partial charge on any atom is -0.466 e. The Morgan fingerprint density at radius 1 is 1.38 bits per heavy atom. The summed E-state index contributed by atoms with van der Waals surface area (Å²) in [4.78, 5) is 30.2. The van der Waals surface area contributed by atoms with E-state index in [1.165, 1.54) is 0 Å². The highest BCUT2D eigenvalue weighted by molar-refractivity contribution is 6.10. The molecular weight excluding hydrogens is 304 g/mol. The van der Waals surface area contributed by atoms with Gasteiger partial charge >= 0.3 is 5.97 Å². The van der Waals surface area contributed by atoms with Gasteiger partial charge in [0.05, 0.1) is 18.6 Å². The number of carbonyl (C=O) groups excluding carboxylic acids is 2. The number of H-pyrrole nitrogens is 1. The fraction of sp³-hybridized carbons (Fsp3) is 0.474. The van der Waals surface area contributed by atoms with Gasteiger partial charge in [0.1, 0.15) is 0 Å². The SMILES string of the molecule is CCOC(=O)[C@@H]1CCCN([C@@H](C)C(=O)c2c[nH]c3ccccc23)C1. The van der Waals surface area contributed by atoms with Gasteiger partial charge < -0.3 is 9.72 Å². The zero-order chi connectivity index (χ0) is 17.1. The number of aromatic nitrogens is 1. The summed E-state index contributed by atoms with van der Waals surface area (Å²) < 4.78 is 5.14. The summed E-state index contributed by atoms with van der Waals surface area (Å²) in [6.45, 7) is 5.58. The molecule has 128 valence electrons. The summed E-state index contributed by atoms with van der Waals surface area (Å²) in [5.41, 5.74) is 1.69. The van der Waals surface area contributed by atoms with E-state index < -0.39 is 0 Å². The highest BCUT2D eigenvalue weighted by Gasteiger charge is 2.32. The second-order valence-corrected chi connectivity index (χ2v) is 6.37. The number of hydrogen-bond acceptors (Lipinski definition) is 4. The zero-order valence-corrected chi connectivity index (χ0v) is 14.2. The number of nitrogens with one attached hydrogen (secondary N) is 1. The molecule has 5 nitrogen and oxygen atoms in total. The molecule has 0 amide bonds. The lowest BCUT2D eigenvalue weighted by atomic mass is 9.95. The summed E-state index contributed by atoms with van der Waals surface area (Å²) in [6, 6.07) is 7.57. The van der Waals surface area contributed by atoms with Crippen LogP contribution in [0.4, 0.5) is 0 Å². The fourth-order valence-corrected chi connectivity index (χ4v) is 3.48. The van der Waals surface area contributed by atoms with Gasteiger partial charge in [0.25, 0.3) is 0 Å². The second-order valence-electron chi connectivity index (χ2n) is 6.37. The zero-order valence-electron chi connectivity index (χ0n) is 14.2. The number of benzene rings is 1. The predicted octanol–water partition coefficient (Wildman–Crippen LogP) is 3.01. The molecule has 1 N–H and O–H groups in total. The van der Waals surface area contributed by atoms with Gasteiger partial charge in [-0.05, 0) is 39.3 Å². The van der Waals surface area contributed by atoms with E-state index in [4.69, 9.17) is 4.74 Å². The molecule has 3 rings (SSSR count). The third-order valence-corrected chi connectivity index (χ3v) is 4.85. The average Bonchev–Trinajstić information content (AvgIpc) is 3.05. The minimum absolute atomic E-state index is 0.0944. The molecule has 0 bridgehead atoms. The van der Waals surface area contributed by atoms with Crippen LogP contribution in [0.25, 0.3) is 10.9 Å². The second kappa shape index (κ2) is 7.18. The molecular formula is C19H24N2O3. The van der Waals surface area contributed by atoms with Gasteiger partial charge in [-0.15, -0.1) is 0 Å². The molecule has 0 spiro atoms. The number of fused-ring (bicyclic) bond motifs is 1. The van der Waals surface area contributed by atoms with E-state index in [-0.39, 0.29) is 23.7 Å². The lowest BCUT2D eigenvalue weighted by Gasteiger charge is -2.35. The van der Waals surface area contributed by atoms with E-state index in [9.17, 15) is 9.59 Å². The summed E-state index contributed by atoms with van der Waals surface area (Å²) in [6.07, 6.45) is 3.54. The number of ketones is 1. The van der Waals surface area contributed by atoms with E-state index in [1.807, 2.05) is 38.1 Å². The van der Waals surface area contributed by atoms with Crippen molar-refractivity contribution < 1.29 is 14.3 Å². The number of likely N-dealkylation sites (tertiary alicyclic amines) is 1. The number of rotatable bonds is 5. The van der Waals surface area contributed by atoms with Crippen LogP contribution in [0.2, 0.25) is 0 Å². The molecule has 1 aliphatic heterocycles. The van der Waals surface area contributed by atoms with Crippen molar-refractivity contribution in [1.29, 1.82) is 0 Å². The summed E-state index contributed by atoms with van der Waals surface area (Å²) >= 11 is 0. The van der Waals surface area contributed by atoms with Crippen molar-refractivity contribution in [3.05, 3.63) is 36.0 Å². The van der Waals surface area contributed by atoms with Crippen molar-refractivity contribution in [1.82, 2.24) is 9.88 Å². The van der Waals surface area contributed by atoms with Crippen molar-refractivity contribution in [2.45, 2.75) is 32.7 Å². The van der Waals surface area contributed by atoms with Gasteiger partial charge in [-0.2, -0.15) is 0 Å². The highest BCUT2D eigenvalue weighted by Crippen LogP contribution is 2.24. The van der Waals surface area contributed by atoms with Gasteiger partial charge in [-0.1, -0.05) is 18.2 Å². The summed E-state index contributed by atoms with van der Waals surface area (Å²) in [7, 11) is 0. The van der Waals surface area contributed by atoms with E-state index in [0.717, 1.165) is 35.9 Å². The maximum absolute atomic E-state index is 12.9. The first-order chi connectivity index (χ1) is 11.6. The number of nitrogens with zero attached hydrogens (tertiary/aromatic N) is 1. The molecule has 2 heterocycles. The predicted molar refractivity (Wildman–Crippen MR) is 93.0 cm³/mol. The first-order valence-electron chi connectivity index (χ1n) is 8.62. The maximum atomic E-state index is 12.9. The van der Waals surface area contributed by atoms with Crippen LogP contribution < -0.4 is 0 Å². The Hall–Kier alpha value is -2.14. The van der Waals surface area contributed by atoms with Crippen molar-refractivity contribution >= 4 is 22.7 Å². The molecule has 0 aliphatic carbocycles. The monoisotopic (exact) mass is 328 g/mol. The Bertz CT molecular complexity index is 737. The summed E-state index contributed by atoms with van der Waals surface area (Å²) in [5.74, 6) is -0.178. The Balaban J connectivity index is 1.74. The number of Topliss-reactive ketones (excluding diaryl/α,β-unsaturated/α-hetero) is 1. The molecule has 1 aliphatic rings. The minimum atomic E-state index is -0.249. The Morgan fingerprint density at radius 3 is 2.96 bits per heavy atom. The average molecular weight is 328 g/mol. The van der Waals surface area contributed by atoms with Crippen LogP contribution in [-0.4, -0.2) is 47.4 Å². The third-order valence-electron chi connectivity index (χ3n) is 4.85. The third kappa shape index (κ3) is 3.22. The van der Waals surface area contributed by atoms with Gasteiger partial charge in [0.15, 0.2) is 5.78 Å². The molecule has 0 radical (unpaired) electrons. The topological polar surface area (TPSA) is 62.4 Å². The van der Waals surface area contributed by atoms with Crippen molar-refractivity contribution in [2.24, 2.45) is 5.92 Å². The van der Waals surface area contributed by atoms with Crippen LogP contribution in [0, 0.1) is 5.92 Å². The molecule has 0 saturated carbocycles. The normalized spacial score (nSPS) is 20.0. The Kier molecular flexibility index (Phi) is 5.00. The first-order valence-corrected chi connectivity index (χ1v) is 8.62. The van der Waals surface area contributed by atoms with Crippen LogP contribution >= 0.6 is 0 Å². The standard InChI is InChI=1S/C19H24N2O3/c1-3-24-19(23)14-7-6-10-21(12-14)13(2)18(22)16-11-20-17-9-5-4-8-15(16)17/h4-5,8-9,11,13-14,20H,3,6-7,10,12H2,1-2H3/t13-,14+/m0/s1. The maximum Gasteiger partial charge on any atom is 0.310 e. The first kappa shape index (κ1) is 16.7. The van der Waals surface area contributed by atoms with Crippen molar-refractivity contribution in [3.8, 4) is 0 Å². The molecule has 1 fully saturated rings.